The van der Waals surface area contributed by atoms with Gasteiger partial charge in [-0.05, 0) is 23.1 Å². The van der Waals surface area contributed by atoms with Gasteiger partial charge in [-0.15, -0.1) is 9.35 Å². The molecule has 0 aliphatic heterocycles. The van der Waals surface area contributed by atoms with E-state index < -0.39 is 0 Å². The van der Waals surface area contributed by atoms with Crippen LogP contribution in [0.3, 0.4) is 0 Å². The lowest BCUT2D eigenvalue weighted by Gasteiger charge is -1.96. The first-order chi connectivity index (χ1) is 16.3. The first-order valence-electron chi connectivity index (χ1n) is 10.8. The van der Waals surface area contributed by atoms with E-state index in [2.05, 4.69) is 22.3 Å². The van der Waals surface area contributed by atoms with Gasteiger partial charge in [0.25, 0.3) is 0 Å². The zero-order valence-corrected chi connectivity index (χ0v) is 18.6. The third-order valence-electron chi connectivity index (χ3n) is 4.62. The minimum Gasteiger partial charge on any atom is -0.411 e. The second-order valence-corrected chi connectivity index (χ2v) is 7.12. The van der Waals surface area contributed by atoms with Gasteiger partial charge in [0.15, 0.2) is 12.4 Å². The monoisotopic (exact) mass is 438 g/mol. The van der Waals surface area contributed by atoms with E-state index in [0.717, 1.165) is 35.4 Å². The highest BCUT2D eigenvalue weighted by atomic mass is 16.4. The minimum absolute atomic E-state index is 0.903. The lowest BCUT2D eigenvalue weighted by atomic mass is 10.2. The Labute approximate surface area is 194 Å². The molecule has 166 valence electrons. The third-order valence-corrected chi connectivity index (χ3v) is 4.62. The van der Waals surface area contributed by atoms with Gasteiger partial charge in [-0.1, -0.05) is 113 Å². The van der Waals surface area contributed by atoms with Gasteiger partial charge in [-0.25, -0.2) is 0 Å². The smallest absolute Gasteiger partial charge is 0.307 e. The fourth-order valence-corrected chi connectivity index (χ4v) is 3.01. The van der Waals surface area contributed by atoms with Crippen LogP contribution < -0.4 is 4.68 Å². The maximum absolute atomic E-state index is 8.09. The molecule has 0 unspecified atom stereocenters. The zero-order valence-electron chi connectivity index (χ0n) is 18.6. The number of hydrogen-bond acceptors (Lipinski definition) is 4. The maximum atomic E-state index is 8.09. The Morgan fingerprint density at radius 1 is 0.758 bits per heavy atom. The Morgan fingerprint density at radius 2 is 1.27 bits per heavy atom. The molecule has 0 amide bonds. The van der Waals surface area contributed by atoms with Crippen molar-refractivity contribution >= 4 is 18.6 Å². The Kier molecular flexibility index (Phi) is 9.32. The number of rotatable bonds is 7. The standard InChI is InChI=1S/C20H21N4.C7H7NO/c1-2-9-20-23(21-16-18-10-5-3-6-11-18)14-15-24(20)22-17-19-12-7-4-8-13-19;9-8-6-7-4-2-1-3-5-7/h3-8,10-17H,2,9H2,1H3;1-6,9H/q+1;. The largest absolute Gasteiger partial charge is 0.411 e. The van der Waals surface area contributed by atoms with E-state index in [1.165, 1.54) is 6.21 Å². The van der Waals surface area contributed by atoms with Crippen LogP contribution in [0.5, 0.6) is 0 Å². The summed E-state index contributed by atoms with van der Waals surface area (Å²) in [5.74, 6) is 1.05. The van der Waals surface area contributed by atoms with Crippen LogP contribution in [0, 0.1) is 0 Å². The fraction of sp³-hybridized carbons (Fsp3) is 0.111. The molecule has 4 rings (SSSR count). The highest BCUT2D eigenvalue weighted by Crippen LogP contribution is 2.02. The first kappa shape index (κ1) is 23.3. The molecule has 0 spiro atoms. The zero-order chi connectivity index (χ0) is 23.1. The van der Waals surface area contributed by atoms with Crippen LogP contribution >= 0.6 is 0 Å². The lowest BCUT2D eigenvalue weighted by molar-refractivity contribution is -0.685. The average molecular weight is 439 g/mol. The Hall–Kier alpha value is -4.32. The van der Waals surface area contributed by atoms with E-state index in [9.17, 15) is 0 Å². The highest BCUT2D eigenvalue weighted by Gasteiger charge is 2.15. The number of imidazole rings is 1. The molecule has 1 aromatic heterocycles. The van der Waals surface area contributed by atoms with E-state index >= 15 is 0 Å². The summed E-state index contributed by atoms with van der Waals surface area (Å²) in [5.41, 5.74) is 3.06. The average Bonchev–Trinajstić information content (AvgIpc) is 3.26. The molecule has 0 radical (unpaired) electrons. The van der Waals surface area contributed by atoms with E-state index in [1.54, 1.807) is 0 Å². The normalized spacial score (nSPS) is 11.2. The molecule has 1 N–H and O–H groups in total. The van der Waals surface area contributed by atoms with Crippen LogP contribution in [0.25, 0.3) is 0 Å². The van der Waals surface area contributed by atoms with Crippen molar-refractivity contribution in [1.82, 2.24) is 4.68 Å². The SMILES string of the molecule is CCCc1n(N=Cc2ccccc2)cc[n+]1N=Cc1ccccc1.ON=Cc1ccccc1. The van der Waals surface area contributed by atoms with Crippen molar-refractivity contribution in [3.8, 4) is 0 Å². The van der Waals surface area contributed by atoms with E-state index in [4.69, 9.17) is 5.21 Å². The highest BCUT2D eigenvalue weighted by molar-refractivity contribution is 5.79. The predicted octanol–water partition coefficient (Wildman–Crippen LogP) is 4.99. The van der Waals surface area contributed by atoms with Crippen molar-refractivity contribution in [2.45, 2.75) is 19.8 Å². The van der Waals surface area contributed by atoms with Gasteiger partial charge in [0.05, 0.1) is 25.1 Å². The number of aromatic nitrogens is 2. The van der Waals surface area contributed by atoms with Crippen LogP contribution in [-0.2, 0) is 6.42 Å². The number of hydrogen-bond donors (Lipinski definition) is 1. The molecule has 0 bridgehead atoms. The van der Waals surface area contributed by atoms with Gasteiger partial charge in [0.1, 0.15) is 0 Å². The van der Waals surface area contributed by atoms with Gasteiger partial charge in [0, 0.05) is 0 Å². The molecule has 0 aliphatic rings. The molecule has 0 fully saturated rings. The predicted molar refractivity (Wildman–Crippen MR) is 133 cm³/mol. The van der Waals surface area contributed by atoms with Crippen molar-refractivity contribution in [2.24, 2.45) is 15.4 Å². The quantitative estimate of drug-likeness (QED) is 0.188. The van der Waals surface area contributed by atoms with Gasteiger partial charge < -0.3 is 5.21 Å². The van der Waals surface area contributed by atoms with Crippen LogP contribution in [-0.4, -0.2) is 28.5 Å². The molecule has 0 atom stereocenters. The molecule has 6 heteroatoms. The van der Waals surface area contributed by atoms with Crippen LogP contribution in [0.1, 0.15) is 35.9 Å². The van der Waals surface area contributed by atoms with Crippen molar-refractivity contribution in [1.29, 1.82) is 0 Å². The maximum Gasteiger partial charge on any atom is 0.307 e. The molecule has 4 aromatic rings. The third kappa shape index (κ3) is 7.70. The van der Waals surface area contributed by atoms with Crippen LogP contribution in [0.15, 0.2) is 119 Å². The second kappa shape index (κ2) is 13.2. The molecule has 33 heavy (non-hydrogen) atoms. The summed E-state index contributed by atoms with van der Waals surface area (Å²) < 4.78 is 3.78. The number of benzene rings is 3. The summed E-state index contributed by atoms with van der Waals surface area (Å²) in [4.78, 5) is 0. The van der Waals surface area contributed by atoms with E-state index in [0.29, 0.717) is 0 Å². The first-order valence-corrected chi connectivity index (χ1v) is 10.8. The topological polar surface area (TPSA) is 66.1 Å². The number of oxime groups is 1. The van der Waals surface area contributed by atoms with Crippen molar-refractivity contribution in [2.75, 3.05) is 0 Å². The van der Waals surface area contributed by atoms with Crippen LogP contribution in [0.2, 0.25) is 0 Å². The summed E-state index contributed by atoms with van der Waals surface area (Å²) in [5, 5.41) is 20.1. The minimum atomic E-state index is 0.903. The van der Waals surface area contributed by atoms with E-state index in [-0.39, 0.29) is 0 Å². The van der Waals surface area contributed by atoms with Crippen molar-refractivity contribution in [3.05, 3.63) is 126 Å². The molecule has 0 aliphatic carbocycles. The molecule has 3 aromatic carbocycles. The summed E-state index contributed by atoms with van der Waals surface area (Å²) in [6.45, 7) is 2.16. The Balaban J connectivity index is 0.000000286. The van der Waals surface area contributed by atoms with Crippen LogP contribution in [0.4, 0.5) is 0 Å². The molecular weight excluding hydrogens is 410 g/mol. The van der Waals surface area contributed by atoms with Gasteiger partial charge >= 0.3 is 5.82 Å². The van der Waals surface area contributed by atoms with Crippen molar-refractivity contribution < 1.29 is 9.88 Å². The summed E-state index contributed by atoms with van der Waals surface area (Å²) in [6.07, 6.45) is 10.9. The molecule has 0 saturated carbocycles. The molecule has 0 saturated heterocycles. The molecular formula is C27H28N5O+. The summed E-state index contributed by atoms with van der Waals surface area (Å²) >= 11 is 0. The molecule has 1 heterocycles. The Morgan fingerprint density at radius 3 is 1.79 bits per heavy atom. The van der Waals surface area contributed by atoms with Gasteiger partial charge in [-0.3, -0.25) is 0 Å². The van der Waals surface area contributed by atoms with Gasteiger partial charge in [-0.2, -0.15) is 0 Å². The second-order valence-electron chi connectivity index (χ2n) is 7.12. The fourth-order valence-electron chi connectivity index (χ4n) is 3.01. The Bertz CT molecular complexity index is 1100. The van der Waals surface area contributed by atoms with Crippen molar-refractivity contribution in [3.63, 3.8) is 0 Å². The number of nitrogens with zero attached hydrogens (tertiary/aromatic N) is 5. The van der Waals surface area contributed by atoms with E-state index in [1.807, 2.05) is 125 Å². The summed E-state index contributed by atoms with van der Waals surface area (Å²) in [7, 11) is 0. The lowest BCUT2D eigenvalue weighted by Crippen LogP contribution is -2.31. The van der Waals surface area contributed by atoms with Gasteiger partial charge in [0.2, 0.25) is 0 Å². The summed E-state index contributed by atoms with van der Waals surface area (Å²) in [6, 6.07) is 29.6. The molecule has 6 nitrogen and oxygen atoms in total.